The van der Waals surface area contributed by atoms with E-state index in [2.05, 4.69) is 19.9 Å². The number of anilines is 3. The van der Waals surface area contributed by atoms with E-state index in [1.807, 2.05) is 6.92 Å². The lowest BCUT2D eigenvalue weighted by atomic mass is 9.91. The van der Waals surface area contributed by atoms with Gasteiger partial charge < -0.3 is 26.8 Å². The SMILES string of the molecule is CC1(N)CCN(c2cnc(C(=N)Oc3ccnc(N)c3Cl)c(N)n2)CC1. The van der Waals surface area contributed by atoms with Gasteiger partial charge >= 0.3 is 0 Å². The predicted molar refractivity (Wildman–Crippen MR) is 102 cm³/mol. The van der Waals surface area contributed by atoms with Crippen LogP contribution < -0.4 is 26.8 Å². The fourth-order valence-electron chi connectivity index (χ4n) is 2.65. The Kier molecular flexibility index (Phi) is 4.84. The van der Waals surface area contributed by atoms with Crippen molar-refractivity contribution in [2.24, 2.45) is 5.73 Å². The van der Waals surface area contributed by atoms with Crippen LogP contribution in [0.1, 0.15) is 25.5 Å². The quantitative estimate of drug-likeness (QED) is 0.463. The molecule has 0 aromatic carbocycles. The molecule has 3 heterocycles. The summed E-state index contributed by atoms with van der Waals surface area (Å²) >= 11 is 6.02. The molecule has 1 saturated heterocycles. The number of hydrogen-bond acceptors (Lipinski definition) is 9. The fraction of sp³-hybridized carbons (Fsp3) is 0.375. The first-order valence-corrected chi connectivity index (χ1v) is 8.48. The van der Waals surface area contributed by atoms with Crippen LogP contribution in [0.25, 0.3) is 0 Å². The van der Waals surface area contributed by atoms with E-state index < -0.39 is 0 Å². The fourth-order valence-corrected chi connectivity index (χ4v) is 2.80. The predicted octanol–water partition coefficient (Wildman–Crippen LogP) is 1.41. The van der Waals surface area contributed by atoms with Crippen molar-refractivity contribution in [3.8, 4) is 5.75 Å². The Morgan fingerprint density at radius 2 is 1.96 bits per heavy atom. The lowest BCUT2D eigenvalue weighted by Gasteiger charge is -2.37. The number of piperidine rings is 1. The molecular formula is C16H21ClN8O. The first-order valence-electron chi connectivity index (χ1n) is 8.10. The van der Waals surface area contributed by atoms with Gasteiger partial charge in [-0.1, -0.05) is 11.6 Å². The number of halogens is 1. The maximum absolute atomic E-state index is 8.09. The Bertz CT molecular complexity index is 831. The first kappa shape index (κ1) is 18.2. The summed E-state index contributed by atoms with van der Waals surface area (Å²) in [5.74, 6) is 0.797. The van der Waals surface area contributed by atoms with Crippen LogP contribution in [0.3, 0.4) is 0 Å². The average Bonchev–Trinajstić information content (AvgIpc) is 2.58. The van der Waals surface area contributed by atoms with Gasteiger partial charge in [-0.05, 0) is 19.8 Å². The molecule has 3 rings (SSSR count). The summed E-state index contributed by atoms with van der Waals surface area (Å²) in [7, 11) is 0. The maximum Gasteiger partial charge on any atom is 0.241 e. The van der Waals surface area contributed by atoms with E-state index in [0.29, 0.717) is 5.82 Å². The minimum absolute atomic E-state index is 0.103. The molecular weight excluding hydrogens is 356 g/mol. The van der Waals surface area contributed by atoms with Crippen molar-refractivity contribution < 1.29 is 4.74 Å². The summed E-state index contributed by atoms with van der Waals surface area (Å²) < 4.78 is 5.42. The van der Waals surface area contributed by atoms with Gasteiger partial charge in [0.05, 0.1) is 6.20 Å². The van der Waals surface area contributed by atoms with Crippen LogP contribution in [0, 0.1) is 5.41 Å². The molecule has 0 unspecified atom stereocenters. The molecule has 0 radical (unpaired) electrons. The van der Waals surface area contributed by atoms with E-state index in [9.17, 15) is 0 Å². The van der Waals surface area contributed by atoms with Crippen molar-refractivity contribution in [3.63, 3.8) is 0 Å². The second-order valence-corrected chi connectivity index (χ2v) is 6.92. The van der Waals surface area contributed by atoms with Crippen molar-refractivity contribution in [1.82, 2.24) is 15.0 Å². The third-order valence-electron chi connectivity index (χ3n) is 4.32. The van der Waals surface area contributed by atoms with E-state index in [-0.39, 0.29) is 39.5 Å². The molecule has 1 aliphatic heterocycles. The van der Waals surface area contributed by atoms with Crippen molar-refractivity contribution in [1.29, 1.82) is 5.41 Å². The zero-order chi connectivity index (χ0) is 18.9. The van der Waals surface area contributed by atoms with Gasteiger partial charge in [-0.25, -0.2) is 15.0 Å². The van der Waals surface area contributed by atoms with E-state index in [0.717, 1.165) is 25.9 Å². The first-order chi connectivity index (χ1) is 12.3. The minimum atomic E-state index is -0.276. The van der Waals surface area contributed by atoms with E-state index in [1.54, 1.807) is 6.20 Å². The number of aromatic nitrogens is 3. The topological polar surface area (TPSA) is 153 Å². The van der Waals surface area contributed by atoms with Gasteiger partial charge in [-0.2, -0.15) is 0 Å². The third kappa shape index (κ3) is 3.78. The number of ether oxygens (including phenoxy) is 1. The highest BCUT2D eigenvalue weighted by Gasteiger charge is 2.27. The Morgan fingerprint density at radius 3 is 2.62 bits per heavy atom. The standard InChI is InChI=1S/C16H21ClN8O/c1-16(21)3-6-25(7-4-16)10-8-23-12(14(19)24-10)15(20)26-9-2-5-22-13(18)11(9)17/h2,5,8,20H,3-4,6-7,21H2,1H3,(H2,18,22)(H2,19,24). The van der Waals surface area contributed by atoms with Gasteiger partial charge in [0.1, 0.15) is 16.7 Å². The molecule has 1 aliphatic rings. The number of nitrogens with zero attached hydrogens (tertiary/aromatic N) is 4. The Morgan fingerprint density at radius 1 is 1.27 bits per heavy atom. The molecule has 0 spiro atoms. The van der Waals surface area contributed by atoms with Gasteiger partial charge in [0.2, 0.25) is 5.90 Å². The Hall–Kier alpha value is -2.65. The molecule has 26 heavy (non-hydrogen) atoms. The molecule has 2 aromatic heterocycles. The molecule has 7 N–H and O–H groups in total. The minimum Gasteiger partial charge on any atom is -0.436 e. The average molecular weight is 377 g/mol. The van der Waals surface area contributed by atoms with Crippen LogP contribution in [0.4, 0.5) is 17.5 Å². The monoisotopic (exact) mass is 376 g/mol. The lowest BCUT2D eigenvalue weighted by molar-refractivity contribution is 0.363. The lowest BCUT2D eigenvalue weighted by Crippen LogP contribution is -2.48. The van der Waals surface area contributed by atoms with Crippen LogP contribution >= 0.6 is 11.6 Å². The summed E-state index contributed by atoms with van der Waals surface area (Å²) in [4.78, 5) is 14.5. The van der Waals surface area contributed by atoms with E-state index in [1.165, 1.54) is 12.3 Å². The smallest absolute Gasteiger partial charge is 0.241 e. The van der Waals surface area contributed by atoms with Gasteiger partial charge in [-0.15, -0.1) is 0 Å². The largest absolute Gasteiger partial charge is 0.436 e. The molecule has 2 aromatic rings. The highest BCUT2D eigenvalue weighted by Crippen LogP contribution is 2.29. The van der Waals surface area contributed by atoms with E-state index >= 15 is 0 Å². The molecule has 0 saturated carbocycles. The number of pyridine rings is 1. The Labute approximate surface area is 156 Å². The van der Waals surface area contributed by atoms with Crippen molar-refractivity contribution in [2.45, 2.75) is 25.3 Å². The van der Waals surface area contributed by atoms with E-state index in [4.69, 9.17) is 38.9 Å². The van der Waals surface area contributed by atoms with Gasteiger partial charge in [0.25, 0.3) is 0 Å². The van der Waals surface area contributed by atoms with Crippen molar-refractivity contribution in [3.05, 3.63) is 29.2 Å². The number of nitrogen functional groups attached to an aromatic ring is 2. The molecule has 0 bridgehead atoms. The van der Waals surface area contributed by atoms with Crippen LogP contribution in [0.5, 0.6) is 5.75 Å². The molecule has 9 nitrogen and oxygen atoms in total. The van der Waals surface area contributed by atoms with Gasteiger partial charge in [0, 0.05) is 30.9 Å². The van der Waals surface area contributed by atoms with Crippen LogP contribution in [-0.4, -0.2) is 39.5 Å². The molecule has 138 valence electrons. The summed E-state index contributed by atoms with van der Waals surface area (Å²) in [6.45, 7) is 3.60. The van der Waals surface area contributed by atoms with Crippen LogP contribution in [-0.2, 0) is 0 Å². The van der Waals surface area contributed by atoms with Crippen LogP contribution in [0.15, 0.2) is 18.5 Å². The highest BCUT2D eigenvalue weighted by atomic mass is 35.5. The maximum atomic E-state index is 8.09. The van der Waals surface area contributed by atoms with Crippen molar-refractivity contribution >= 4 is 35.0 Å². The zero-order valence-electron chi connectivity index (χ0n) is 14.4. The van der Waals surface area contributed by atoms with Gasteiger partial charge in [-0.3, -0.25) is 5.41 Å². The molecule has 0 aliphatic carbocycles. The second-order valence-electron chi connectivity index (χ2n) is 6.54. The summed E-state index contributed by atoms with van der Waals surface area (Å²) in [6.07, 6.45) is 4.73. The zero-order valence-corrected chi connectivity index (χ0v) is 15.1. The summed E-state index contributed by atoms with van der Waals surface area (Å²) in [6, 6.07) is 1.50. The molecule has 1 fully saturated rings. The second kappa shape index (κ2) is 6.93. The molecule has 0 amide bonds. The normalized spacial score (nSPS) is 16.3. The van der Waals surface area contributed by atoms with Crippen LogP contribution in [0.2, 0.25) is 5.02 Å². The number of nitrogens with two attached hydrogens (primary N) is 3. The molecule has 10 heteroatoms. The number of hydrogen-bond donors (Lipinski definition) is 4. The number of rotatable bonds is 3. The summed E-state index contributed by atoms with van der Waals surface area (Å²) in [5, 5.41) is 8.21. The van der Waals surface area contributed by atoms with Gasteiger partial charge in [0.15, 0.2) is 17.3 Å². The van der Waals surface area contributed by atoms with Crippen molar-refractivity contribution in [2.75, 3.05) is 29.5 Å². The Balaban J connectivity index is 1.75. The molecule has 0 atom stereocenters. The number of nitrogens with one attached hydrogen (secondary N) is 1. The highest BCUT2D eigenvalue weighted by molar-refractivity contribution is 6.34. The third-order valence-corrected chi connectivity index (χ3v) is 4.70. The summed E-state index contributed by atoms with van der Waals surface area (Å²) in [5.41, 5.74) is 17.7.